The number of nitrogens with one attached hydrogen (secondary N) is 1. The van der Waals surface area contributed by atoms with E-state index in [1.165, 1.54) is 0 Å². The number of rotatable bonds is 5. The third kappa shape index (κ3) is 3.42. The van der Waals surface area contributed by atoms with Crippen LogP contribution in [0.3, 0.4) is 0 Å². The first-order valence-corrected chi connectivity index (χ1v) is 8.28. The van der Waals surface area contributed by atoms with Gasteiger partial charge < -0.3 is 9.88 Å². The molecule has 0 saturated heterocycles. The number of nitrogens with zero attached hydrogens (tertiary/aromatic N) is 4. The molecule has 134 valence electrons. The highest BCUT2D eigenvalue weighted by atomic mass is 16.1. The monoisotopic (exact) mass is 351 g/mol. The van der Waals surface area contributed by atoms with Gasteiger partial charge in [-0.3, -0.25) is 14.3 Å². The first-order chi connectivity index (χ1) is 12.4. The van der Waals surface area contributed by atoms with Crippen molar-refractivity contribution >= 4 is 17.4 Å². The topological polar surface area (TPSA) is 81.8 Å². The van der Waals surface area contributed by atoms with Crippen molar-refractivity contribution in [2.45, 2.75) is 20.3 Å². The maximum Gasteiger partial charge on any atom is 0.228 e. The molecular formula is C19H21N5O2. The van der Waals surface area contributed by atoms with Crippen LogP contribution in [0.15, 0.2) is 36.7 Å². The summed E-state index contributed by atoms with van der Waals surface area (Å²) < 4.78 is 3.45. The predicted octanol–water partition coefficient (Wildman–Crippen LogP) is 2.18. The molecule has 0 bridgehead atoms. The van der Waals surface area contributed by atoms with Crippen LogP contribution >= 0.6 is 0 Å². The minimum Gasteiger partial charge on any atom is -0.331 e. The Hall–Kier alpha value is -3.22. The second-order valence-electron chi connectivity index (χ2n) is 6.27. The highest BCUT2D eigenvalue weighted by Gasteiger charge is 2.15. The van der Waals surface area contributed by atoms with Crippen LogP contribution in [0, 0.1) is 13.8 Å². The molecule has 0 aliphatic carbocycles. The maximum atomic E-state index is 12.4. The van der Waals surface area contributed by atoms with Gasteiger partial charge in [-0.05, 0) is 38.1 Å². The third-order valence-electron chi connectivity index (χ3n) is 4.45. The normalized spacial score (nSPS) is 10.8. The molecule has 3 rings (SSSR count). The van der Waals surface area contributed by atoms with Crippen molar-refractivity contribution in [3.05, 3.63) is 65.0 Å². The highest BCUT2D eigenvalue weighted by Crippen LogP contribution is 2.16. The minimum atomic E-state index is -0.156. The molecule has 7 nitrogen and oxygen atoms in total. The van der Waals surface area contributed by atoms with E-state index in [0.717, 1.165) is 17.0 Å². The van der Waals surface area contributed by atoms with Gasteiger partial charge in [0.15, 0.2) is 5.82 Å². The number of imidazole rings is 1. The van der Waals surface area contributed by atoms with Crippen molar-refractivity contribution in [1.29, 1.82) is 0 Å². The Morgan fingerprint density at radius 2 is 1.81 bits per heavy atom. The molecule has 7 heteroatoms. The van der Waals surface area contributed by atoms with E-state index in [1.54, 1.807) is 53.0 Å². The molecule has 0 aliphatic rings. The summed E-state index contributed by atoms with van der Waals surface area (Å²) in [5, 5.41) is 7.18. The number of ketones is 1. The van der Waals surface area contributed by atoms with Gasteiger partial charge in [-0.25, -0.2) is 4.98 Å². The quantitative estimate of drug-likeness (QED) is 0.714. The molecule has 1 aromatic carbocycles. The van der Waals surface area contributed by atoms with E-state index in [9.17, 15) is 9.59 Å². The van der Waals surface area contributed by atoms with Crippen LogP contribution in [0.2, 0.25) is 0 Å². The van der Waals surface area contributed by atoms with Gasteiger partial charge in [0.2, 0.25) is 11.7 Å². The van der Waals surface area contributed by atoms with E-state index < -0.39 is 0 Å². The summed E-state index contributed by atoms with van der Waals surface area (Å²) in [5.74, 6) is 0.105. The molecule has 0 unspecified atom stereocenters. The highest BCUT2D eigenvalue weighted by molar-refractivity contribution is 6.07. The first-order valence-electron chi connectivity index (χ1n) is 8.28. The summed E-state index contributed by atoms with van der Waals surface area (Å²) in [6, 6.07) is 6.81. The summed E-state index contributed by atoms with van der Waals surface area (Å²) >= 11 is 0. The number of benzene rings is 1. The van der Waals surface area contributed by atoms with Crippen LogP contribution in [-0.2, 0) is 25.3 Å². The van der Waals surface area contributed by atoms with Crippen LogP contribution in [-0.4, -0.2) is 31.0 Å². The van der Waals surface area contributed by atoms with Crippen LogP contribution in [0.25, 0.3) is 0 Å². The van der Waals surface area contributed by atoms with Gasteiger partial charge in [-0.15, -0.1) is 0 Å². The second-order valence-corrected chi connectivity index (χ2v) is 6.27. The fourth-order valence-corrected chi connectivity index (χ4v) is 2.86. The van der Waals surface area contributed by atoms with Gasteiger partial charge in [0.05, 0.1) is 12.1 Å². The standard InChI is InChI=1S/C19H21N5O2/c1-12-16(13(2)24(4)22-12)11-17(25)21-15-7-5-14(6-8-15)18(26)19-20-9-10-23(19)3/h5-10H,11H2,1-4H3,(H,21,25). The van der Waals surface area contributed by atoms with E-state index in [-0.39, 0.29) is 18.1 Å². The number of carbonyl (C=O) groups is 2. The average Bonchev–Trinajstić information content (AvgIpc) is 3.13. The molecular weight excluding hydrogens is 330 g/mol. The van der Waals surface area contributed by atoms with Gasteiger partial charge >= 0.3 is 0 Å². The molecule has 0 fully saturated rings. The summed E-state index contributed by atoms with van der Waals surface area (Å²) in [4.78, 5) is 28.8. The molecule has 1 amide bonds. The second kappa shape index (κ2) is 6.95. The Bertz CT molecular complexity index is 966. The van der Waals surface area contributed by atoms with E-state index in [2.05, 4.69) is 15.4 Å². The van der Waals surface area contributed by atoms with Crippen molar-refractivity contribution in [2.75, 3.05) is 5.32 Å². The third-order valence-corrected chi connectivity index (χ3v) is 4.45. The van der Waals surface area contributed by atoms with Gasteiger partial charge in [0.25, 0.3) is 0 Å². The SMILES string of the molecule is Cc1nn(C)c(C)c1CC(=O)Nc1ccc(C(=O)c2nccn2C)cc1. The number of hydrogen-bond donors (Lipinski definition) is 1. The number of aryl methyl sites for hydroxylation is 3. The molecule has 3 aromatic rings. The molecule has 0 aliphatic heterocycles. The van der Waals surface area contributed by atoms with Gasteiger partial charge in [0, 0.05) is 49.0 Å². The maximum absolute atomic E-state index is 12.4. The number of amides is 1. The Morgan fingerprint density at radius 1 is 1.12 bits per heavy atom. The average molecular weight is 351 g/mol. The largest absolute Gasteiger partial charge is 0.331 e. The lowest BCUT2D eigenvalue weighted by Crippen LogP contribution is -2.15. The fraction of sp³-hybridized carbons (Fsp3) is 0.263. The van der Waals surface area contributed by atoms with Crippen molar-refractivity contribution in [3.63, 3.8) is 0 Å². The van der Waals surface area contributed by atoms with E-state index >= 15 is 0 Å². The number of carbonyl (C=O) groups excluding carboxylic acids is 2. The molecule has 2 aromatic heterocycles. The van der Waals surface area contributed by atoms with Crippen LogP contribution < -0.4 is 5.32 Å². The summed E-state index contributed by atoms with van der Waals surface area (Å²) in [6.45, 7) is 3.84. The Morgan fingerprint density at radius 3 is 2.35 bits per heavy atom. The number of aromatic nitrogens is 4. The lowest BCUT2D eigenvalue weighted by atomic mass is 10.1. The first kappa shape index (κ1) is 17.6. The van der Waals surface area contributed by atoms with Gasteiger partial charge in [-0.2, -0.15) is 5.10 Å². The van der Waals surface area contributed by atoms with Crippen molar-refractivity contribution in [3.8, 4) is 0 Å². The van der Waals surface area contributed by atoms with Crippen LogP contribution in [0.4, 0.5) is 5.69 Å². The van der Waals surface area contributed by atoms with Crippen molar-refractivity contribution in [1.82, 2.24) is 19.3 Å². The molecule has 0 spiro atoms. The molecule has 1 N–H and O–H groups in total. The lowest BCUT2D eigenvalue weighted by Gasteiger charge is -2.07. The van der Waals surface area contributed by atoms with Gasteiger partial charge in [0.1, 0.15) is 0 Å². The van der Waals surface area contributed by atoms with Crippen molar-refractivity contribution < 1.29 is 9.59 Å². The molecule has 0 atom stereocenters. The Kier molecular flexibility index (Phi) is 4.71. The zero-order valence-corrected chi connectivity index (χ0v) is 15.3. The van der Waals surface area contributed by atoms with Crippen LogP contribution in [0.5, 0.6) is 0 Å². The fourth-order valence-electron chi connectivity index (χ4n) is 2.86. The summed E-state index contributed by atoms with van der Waals surface area (Å²) in [6.07, 6.45) is 3.58. The summed E-state index contributed by atoms with van der Waals surface area (Å²) in [5.41, 5.74) is 3.94. The van der Waals surface area contributed by atoms with Gasteiger partial charge in [-0.1, -0.05) is 0 Å². The molecule has 2 heterocycles. The summed E-state index contributed by atoms with van der Waals surface area (Å²) in [7, 11) is 3.64. The zero-order valence-electron chi connectivity index (χ0n) is 15.3. The molecule has 26 heavy (non-hydrogen) atoms. The van der Waals surface area contributed by atoms with E-state index in [0.29, 0.717) is 17.1 Å². The Balaban J connectivity index is 1.68. The van der Waals surface area contributed by atoms with E-state index in [4.69, 9.17) is 0 Å². The minimum absolute atomic E-state index is 0.118. The van der Waals surface area contributed by atoms with Crippen molar-refractivity contribution in [2.24, 2.45) is 14.1 Å². The van der Waals surface area contributed by atoms with Crippen LogP contribution in [0.1, 0.15) is 33.1 Å². The lowest BCUT2D eigenvalue weighted by molar-refractivity contribution is -0.115. The van der Waals surface area contributed by atoms with E-state index in [1.807, 2.05) is 20.9 Å². The molecule has 0 saturated carbocycles. The number of hydrogen-bond acceptors (Lipinski definition) is 4. The Labute approximate surface area is 151 Å². The predicted molar refractivity (Wildman–Crippen MR) is 98.1 cm³/mol. The number of anilines is 1. The zero-order chi connectivity index (χ0) is 18.8. The molecule has 0 radical (unpaired) electrons. The smallest absolute Gasteiger partial charge is 0.228 e.